The first-order valence-corrected chi connectivity index (χ1v) is 11.7. The molecule has 2 amide bonds. The van der Waals surface area contributed by atoms with Gasteiger partial charge in [0, 0.05) is 38.1 Å². The third-order valence-corrected chi connectivity index (χ3v) is 6.62. The zero-order chi connectivity index (χ0) is 21.8. The van der Waals surface area contributed by atoms with E-state index in [1.807, 2.05) is 54.3 Å². The monoisotopic (exact) mass is 456 g/mol. The van der Waals surface area contributed by atoms with E-state index >= 15 is 0 Å². The Balaban J connectivity index is 1.52. The average molecular weight is 457 g/mol. The van der Waals surface area contributed by atoms with Gasteiger partial charge in [-0.25, -0.2) is 4.98 Å². The Hall–Kier alpha value is -2.48. The summed E-state index contributed by atoms with van der Waals surface area (Å²) in [6.07, 6.45) is 0.924. The van der Waals surface area contributed by atoms with E-state index in [1.54, 1.807) is 0 Å². The number of hydrogen-bond acceptors (Lipinski definition) is 5. The molecule has 0 unspecified atom stereocenters. The van der Waals surface area contributed by atoms with Crippen LogP contribution in [0.15, 0.2) is 42.5 Å². The van der Waals surface area contributed by atoms with Crippen molar-refractivity contribution in [3.05, 3.63) is 52.4 Å². The van der Waals surface area contributed by atoms with E-state index in [-0.39, 0.29) is 11.8 Å². The molecule has 1 aliphatic heterocycles. The Morgan fingerprint density at radius 1 is 1.13 bits per heavy atom. The Morgan fingerprint density at radius 3 is 2.61 bits per heavy atom. The Morgan fingerprint density at radius 2 is 1.90 bits per heavy atom. The number of aromatic nitrogens is 1. The van der Waals surface area contributed by atoms with Crippen LogP contribution < -0.4 is 5.32 Å². The summed E-state index contributed by atoms with van der Waals surface area (Å²) in [5.41, 5.74) is 2.20. The number of rotatable bonds is 6. The molecule has 0 atom stereocenters. The van der Waals surface area contributed by atoms with Gasteiger partial charge >= 0.3 is 0 Å². The molecule has 3 aromatic rings. The lowest BCUT2D eigenvalue weighted by atomic mass is 10.1. The number of benzene rings is 1. The number of hydrogen-bond donors (Lipinski definition) is 1. The minimum Gasteiger partial charge on any atom is -0.355 e. The fraction of sp³-hybridized carbons (Fsp3) is 0.348. The highest BCUT2D eigenvalue weighted by Crippen LogP contribution is 2.32. The van der Waals surface area contributed by atoms with Crippen molar-refractivity contribution in [2.75, 3.05) is 39.3 Å². The molecule has 4 rings (SSSR count). The van der Waals surface area contributed by atoms with E-state index in [1.165, 1.54) is 11.3 Å². The Bertz CT molecular complexity index is 1090. The molecule has 1 N–H and O–H groups in total. The fourth-order valence-electron chi connectivity index (χ4n) is 3.73. The number of piperazine rings is 1. The van der Waals surface area contributed by atoms with Crippen molar-refractivity contribution < 1.29 is 9.59 Å². The molecule has 1 aromatic carbocycles. The van der Waals surface area contributed by atoms with Crippen LogP contribution in [-0.4, -0.2) is 65.9 Å². The summed E-state index contributed by atoms with van der Waals surface area (Å²) in [7, 11) is 0. The standard InChI is InChI=1S/C23H25ClN4O2S/c1-2-9-25-22(29)15-27-10-12-28(13-11-27)23(30)17-14-19(20-7-8-21(24)31-20)26-18-6-4-3-5-16(17)18/h3-8,14H,2,9-13,15H2,1H3,(H,25,29). The second-order valence-corrected chi connectivity index (χ2v) is 9.31. The second kappa shape index (κ2) is 9.77. The zero-order valence-corrected chi connectivity index (χ0v) is 19.0. The highest BCUT2D eigenvalue weighted by atomic mass is 35.5. The van der Waals surface area contributed by atoms with Gasteiger partial charge in [-0.2, -0.15) is 0 Å². The number of halogens is 1. The van der Waals surface area contributed by atoms with Gasteiger partial charge in [0.1, 0.15) is 0 Å². The molecular formula is C23H25ClN4O2S. The predicted molar refractivity (Wildman–Crippen MR) is 126 cm³/mol. The van der Waals surface area contributed by atoms with Gasteiger partial charge in [0.05, 0.1) is 32.5 Å². The van der Waals surface area contributed by atoms with Crippen LogP contribution in [0, 0.1) is 0 Å². The lowest BCUT2D eigenvalue weighted by Gasteiger charge is -2.34. The number of fused-ring (bicyclic) bond motifs is 1. The van der Waals surface area contributed by atoms with E-state index in [0.717, 1.165) is 27.9 Å². The van der Waals surface area contributed by atoms with Gasteiger partial charge in [-0.05, 0) is 30.7 Å². The van der Waals surface area contributed by atoms with Crippen LogP contribution in [-0.2, 0) is 4.79 Å². The number of amides is 2. The second-order valence-electron chi connectivity index (χ2n) is 7.59. The van der Waals surface area contributed by atoms with Crippen LogP contribution in [0.25, 0.3) is 21.5 Å². The van der Waals surface area contributed by atoms with Gasteiger partial charge in [-0.15, -0.1) is 11.3 Å². The van der Waals surface area contributed by atoms with Crippen LogP contribution in [0.5, 0.6) is 0 Å². The summed E-state index contributed by atoms with van der Waals surface area (Å²) < 4.78 is 0.692. The van der Waals surface area contributed by atoms with Gasteiger partial charge in [0.15, 0.2) is 0 Å². The zero-order valence-electron chi connectivity index (χ0n) is 17.4. The number of para-hydroxylation sites is 1. The van der Waals surface area contributed by atoms with E-state index in [9.17, 15) is 9.59 Å². The molecule has 0 bridgehead atoms. The topological polar surface area (TPSA) is 65.5 Å². The van der Waals surface area contributed by atoms with Crippen molar-refractivity contribution in [1.29, 1.82) is 0 Å². The first kappa shape index (κ1) is 21.7. The van der Waals surface area contributed by atoms with Crippen molar-refractivity contribution in [2.45, 2.75) is 13.3 Å². The predicted octanol–water partition coefficient (Wildman–Crippen LogP) is 3.90. The van der Waals surface area contributed by atoms with E-state index in [4.69, 9.17) is 16.6 Å². The quantitative estimate of drug-likeness (QED) is 0.611. The Labute approximate surface area is 190 Å². The lowest BCUT2D eigenvalue weighted by molar-refractivity contribution is -0.122. The summed E-state index contributed by atoms with van der Waals surface area (Å²) in [5.74, 6) is 0.0404. The lowest BCUT2D eigenvalue weighted by Crippen LogP contribution is -2.51. The van der Waals surface area contributed by atoms with Crippen LogP contribution in [0.4, 0.5) is 0 Å². The van der Waals surface area contributed by atoms with Crippen molar-refractivity contribution in [3.8, 4) is 10.6 Å². The highest BCUT2D eigenvalue weighted by Gasteiger charge is 2.25. The van der Waals surface area contributed by atoms with Crippen molar-refractivity contribution in [1.82, 2.24) is 20.1 Å². The molecule has 8 heteroatoms. The van der Waals surface area contributed by atoms with Gasteiger partial charge in [-0.1, -0.05) is 36.7 Å². The van der Waals surface area contributed by atoms with E-state index < -0.39 is 0 Å². The molecule has 0 saturated carbocycles. The third kappa shape index (κ3) is 5.06. The van der Waals surface area contributed by atoms with Crippen LogP contribution in [0.2, 0.25) is 4.34 Å². The molecule has 0 aliphatic carbocycles. The minimum atomic E-state index is -0.00223. The summed E-state index contributed by atoms with van der Waals surface area (Å²) in [6.45, 7) is 5.66. The summed E-state index contributed by atoms with van der Waals surface area (Å²) >= 11 is 7.56. The number of pyridine rings is 1. The first-order chi connectivity index (χ1) is 15.0. The Kier molecular flexibility index (Phi) is 6.85. The highest BCUT2D eigenvalue weighted by molar-refractivity contribution is 7.19. The summed E-state index contributed by atoms with van der Waals surface area (Å²) in [5, 5.41) is 3.75. The molecule has 1 saturated heterocycles. The first-order valence-electron chi connectivity index (χ1n) is 10.5. The van der Waals surface area contributed by atoms with E-state index in [2.05, 4.69) is 10.2 Å². The molecule has 6 nitrogen and oxygen atoms in total. The average Bonchev–Trinajstić information content (AvgIpc) is 3.23. The SMILES string of the molecule is CCCNC(=O)CN1CCN(C(=O)c2cc(-c3ccc(Cl)s3)nc3ccccc23)CC1. The molecule has 3 heterocycles. The number of nitrogens with zero attached hydrogens (tertiary/aromatic N) is 3. The normalized spacial score (nSPS) is 14.7. The van der Waals surface area contributed by atoms with Crippen molar-refractivity contribution in [3.63, 3.8) is 0 Å². The summed E-state index contributed by atoms with van der Waals surface area (Å²) in [6, 6.07) is 13.4. The smallest absolute Gasteiger partial charge is 0.254 e. The maximum Gasteiger partial charge on any atom is 0.254 e. The number of thiophene rings is 1. The van der Waals surface area contributed by atoms with Gasteiger partial charge in [0.2, 0.25) is 5.91 Å². The maximum absolute atomic E-state index is 13.5. The van der Waals surface area contributed by atoms with E-state index in [0.29, 0.717) is 49.2 Å². The molecule has 1 fully saturated rings. The largest absolute Gasteiger partial charge is 0.355 e. The maximum atomic E-state index is 13.5. The number of carbonyl (C=O) groups is 2. The molecule has 0 spiro atoms. The van der Waals surface area contributed by atoms with Gasteiger partial charge < -0.3 is 10.2 Å². The third-order valence-electron chi connectivity index (χ3n) is 5.37. The van der Waals surface area contributed by atoms with Crippen molar-refractivity contribution in [2.24, 2.45) is 0 Å². The van der Waals surface area contributed by atoms with Gasteiger partial charge in [0.25, 0.3) is 5.91 Å². The van der Waals surface area contributed by atoms with Crippen LogP contribution >= 0.6 is 22.9 Å². The minimum absolute atomic E-state index is 0.00223. The van der Waals surface area contributed by atoms with Crippen molar-refractivity contribution >= 4 is 45.7 Å². The molecule has 2 aromatic heterocycles. The molecule has 162 valence electrons. The fourth-order valence-corrected chi connectivity index (χ4v) is 4.74. The molecular weight excluding hydrogens is 432 g/mol. The van der Waals surface area contributed by atoms with Gasteiger partial charge in [-0.3, -0.25) is 14.5 Å². The molecule has 0 radical (unpaired) electrons. The number of nitrogens with one attached hydrogen (secondary N) is 1. The van der Waals surface area contributed by atoms with Crippen LogP contribution in [0.3, 0.4) is 0 Å². The van der Waals surface area contributed by atoms with Crippen LogP contribution in [0.1, 0.15) is 23.7 Å². The number of carbonyl (C=O) groups excluding carboxylic acids is 2. The molecule has 31 heavy (non-hydrogen) atoms. The molecule has 1 aliphatic rings. The summed E-state index contributed by atoms with van der Waals surface area (Å²) in [4.78, 5) is 35.1.